The second-order valence-corrected chi connectivity index (χ2v) is 4.42. The molecule has 2 aliphatic heterocycles. The van der Waals surface area contributed by atoms with E-state index in [2.05, 4.69) is 5.32 Å². The van der Waals surface area contributed by atoms with Gasteiger partial charge >= 0.3 is 0 Å². The lowest BCUT2D eigenvalue weighted by Gasteiger charge is -2.23. The fourth-order valence-corrected chi connectivity index (χ4v) is 2.42. The van der Waals surface area contributed by atoms with Crippen molar-refractivity contribution in [2.75, 3.05) is 19.7 Å². The Morgan fingerprint density at radius 3 is 2.71 bits per heavy atom. The van der Waals surface area contributed by atoms with Crippen molar-refractivity contribution in [3.8, 4) is 0 Å². The summed E-state index contributed by atoms with van der Waals surface area (Å²) in [5, 5.41) is 3.42. The molecule has 2 nitrogen and oxygen atoms in total. The summed E-state index contributed by atoms with van der Waals surface area (Å²) in [5.41, 5.74) is 0. The van der Waals surface area contributed by atoms with Crippen molar-refractivity contribution in [1.29, 1.82) is 0 Å². The summed E-state index contributed by atoms with van der Waals surface area (Å²) in [5.74, 6) is 0.936. The molecule has 14 heavy (non-hydrogen) atoms. The minimum atomic E-state index is 0. The molecule has 2 rings (SSSR count). The molecule has 0 aromatic rings. The predicted octanol–water partition coefficient (Wildman–Crippen LogP) is 2.37. The maximum absolute atomic E-state index is 5.72. The highest BCUT2D eigenvalue weighted by atomic mass is 35.5. The van der Waals surface area contributed by atoms with Gasteiger partial charge in [-0.2, -0.15) is 0 Å². The molecule has 2 saturated heterocycles. The van der Waals surface area contributed by atoms with Crippen molar-refractivity contribution in [3.05, 3.63) is 0 Å². The van der Waals surface area contributed by atoms with E-state index in [1.54, 1.807) is 0 Å². The van der Waals surface area contributed by atoms with Crippen molar-refractivity contribution in [1.82, 2.24) is 5.32 Å². The van der Waals surface area contributed by atoms with Gasteiger partial charge in [0.2, 0.25) is 0 Å². The molecule has 1 N–H and O–H groups in total. The van der Waals surface area contributed by atoms with Gasteiger partial charge in [0, 0.05) is 6.61 Å². The quantitative estimate of drug-likeness (QED) is 0.787. The molecule has 0 aliphatic carbocycles. The van der Waals surface area contributed by atoms with Gasteiger partial charge in [-0.05, 0) is 57.5 Å². The van der Waals surface area contributed by atoms with Gasteiger partial charge in [-0.3, -0.25) is 0 Å². The van der Waals surface area contributed by atoms with Gasteiger partial charge in [-0.1, -0.05) is 0 Å². The van der Waals surface area contributed by atoms with Crippen LogP contribution in [0.2, 0.25) is 0 Å². The fraction of sp³-hybridized carbons (Fsp3) is 1.00. The third-order valence-corrected chi connectivity index (χ3v) is 3.33. The van der Waals surface area contributed by atoms with Crippen molar-refractivity contribution in [2.24, 2.45) is 5.92 Å². The summed E-state index contributed by atoms with van der Waals surface area (Å²) in [6.07, 6.45) is 8.61. The highest BCUT2D eigenvalue weighted by Crippen LogP contribution is 2.21. The lowest BCUT2D eigenvalue weighted by molar-refractivity contribution is 0.00800. The molecule has 3 heteroatoms. The molecule has 2 fully saturated rings. The summed E-state index contributed by atoms with van der Waals surface area (Å²) < 4.78 is 5.72. The first-order valence-corrected chi connectivity index (χ1v) is 5.77. The third-order valence-electron chi connectivity index (χ3n) is 3.33. The number of rotatable bonds is 3. The monoisotopic (exact) mass is 219 g/mol. The number of hydrogen-bond acceptors (Lipinski definition) is 2. The molecule has 2 aliphatic rings. The minimum Gasteiger partial charge on any atom is -0.378 e. The van der Waals surface area contributed by atoms with Crippen LogP contribution in [-0.4, -0.2) is 25.8 Å². The number of hydrogen-bond donors (Lipinski definition) is 1. The van der Waals surface area contributed by atoms with E-state index in [1.165, 1.54) is 51.6 Å². The van der Waals surface area contributed by atoms with Gasteiger partial charge in [-0.15, -0.1) is 12.4 Å². The van der Waals surface area contributed by atoms with Crippen molar-refractivity contribution in [2.45, 2.75) is 44.6 Å². The van der Waals surface area contributed by atoms with E-state index in [4.69, 9.17) is 4.74 Å². The molecule has 0 spiro atoms. The highest BCUT2D eigenvalue weighted by molar-refractivity contribution is 5.85. The third kappa shape index (κ3) is 3.76. The van der Waals surface area contributed by atoms with E-state index >= 15 is 0 Å². The van der Waals surface area contributed by atoms with Crippen LogP contribution in [-0.2, 0) is 4.74 Å². The van der Waals surface area contributed by atoms with Gasteiger partial charge in [0.25, 0.3) is 0 Å². The fourth-order valence-electron chi connectivity index (χ4n) is 2.42. The second-order valence-electron chi connectivity index (χ2n) is 4.42. The van der Waals surface area contributed by atoms with E-state index in [-0.39, 0.29) is 12.4 Å². The number of ether oxygens (including phenoxy) is 1. The first-order chi connectivity index (χ1) is 6.45. The molecule has 0 radical (unpaired) electrons. The van der Waals surface area contributed by atoms with E-state index in [0.29, 0.717) is 6.10 Å². The van der Waals surface area contributed by atoms with E-state index in [0.717, 1.165) is 12.5 Å². The van der Waals surface area contributed by atoms with Crippen molar-refractivity contribution in [3.63, 3.8) is 0 Å². The molecule has 0 bridgehead atoms. The van der Waals surface area contributed by atoms with E-state index < -0.39 is 0 Å². The first kappa shape index (κ1) is 12.3. The first-order valence-electron chi connectivity index (χ1n) is 5.77. The zero-order valence-corrected chi connectivity index (χ0v) is 9.65. The Morgan fingerprint density at radius 1 is 1.14 bits per heavy atom. The van der Waals surface area contributed by atoms with Gasteiger partial charge in [0.05, 0.1) is 6.10 Å². The van der Waals surface area contributed by atoms with Crippen LogP contribution in [0.3, 0.4) is 0 Å². The van der Waals surface area contributed by atoms with Crippen LogP contribution >= 0.6 is 12.4 Å². The second kappa shape index (κ2) is 6.65. The summed E-state index contributed by atoms with van der Waals surface area (Å²) in [4.78, 5) is 0. The molecule has 0 aromatic carbocycles. The number of halogens is 1. The SMILES string of the molecule is C1CCC(CCC2CCNC2)OC1.Cl. The van der Waals surface area contributed by atoms with Crippen molar-refractivity contribution >= 4 is 12.4 Å². The minimum absolute atomic E-state index is 0. The van der Waals surface area contributed by atoms with Crippen LogP contribution in [0, 0.1) is 5.92 Å². The Labute approximate surface area is 93.2 Å². The molecule has 0 saturated carbocycles. The number of nitrogens with one attached hydrogen (secondary N) is 1. The molecule has 2 unspecified atom stereocenters. The van der Waals surface area contributed by atoms with Gasteiger partial charge in [-0.25, -0.2) is 0 Å². The van der Waals surface area contributed by atoms with Crippen LogP contribution in [0.15, 0.2) is 0 Å². The zero-order valence-electron chi connectivity index (χ0n) is 8.84. The summed E-state index contributed by atoms with van der Waals surface area (Å²) >= 11 is 0. The molecule has 2 atom stereocenters. The Bertz CT molecular complexity index is 142. The van der Waals surface area contributed by atoms with Crippen molar-refractivity contribution < 1.29 is 4.74 Å². The maximum Gasteiger partial charge on any atom is 0.0575 e. The average molecular weight is 220 g/mol. The molecule has 2 heterocycles. The summed E-state index contributed by atoms with van der Waals surface area (Å²) in [7, 11) is 0. The molecule has 84 valence electrons. The lowest BCUT2D eigenvalue weighted by atomic mass is 9.97. The highest BCUT2D eigenvalue weighted by Gasteiger charge is 2.18. The van der Waals surface area contributed by atoms with Gasteiger partial charge in [0.1, 0.15) is 0 Å². The topological polar surface area (TPSA) is 21.3 Å². The summed E-state index contributed by atoms with van der Waals surface area (Å²) in [6, 6.07) is 0. The summed E-state index contributed by atoms with van der Waals surface area (Å²) in [6.45, 7) is 3.48. The normalized spacial score (nSPS) is 32.6. The van der Waals surface area contributed by atoms with Crippen LogP contribution < -0.4 is 5.32 Å². The Kier molecular flexibility index (Phi) is 5.83. The molecule has 0 amide bonds. The zero-order chi connectivity index (χ0) is 8.93. The maximum atomic E-state index is 5.72. The van der Waals surface area contributed by atoms with E-state index in [9.17, 15) is 0 Å². The molecule has 0 aromatic heterocycles. The Hall–Kier alpha value is 0.210. The Balaban J connectivity index is 0.000000980. The molecular formula is C11H22ClNO. The Morgan fingerprint density at radius 2 is 2.07 bits per heavy atom. The van der Waals surface area contributed by atoms with Crippen LogP contribution in [0.25, 0.3) is 0 Å². The van der Waals surface area contributed by atoms with Gasteiger partial charge in [0.15, 0.2) is 0 Å². The largest absolute Gasteiger partial charge is 0.378 e. The molecular weight excluding hydrogens is 198 g/mol. The smallest absolute Gasteiger partial charge is 0.0575 e. The predicted molar refractivity (Wildman–Crippen MR) is 61.0 cm³/mol. The average Bonchev–Trinajstić information content (AvgIpc) is 2.69. The van der Waals surface area contributed by atoms with Crippen LogP contribution in [0.4, 0.5) is 0 Å². The van der Waals surface area contributed by atoms with Crippen LogP contribution in [0.1, 0.15) is 38.5 Å². The van der Waals surface area contributed by atoms with E-state index in [1.807, 2.05) is 0 Å². The van der Waals surface area contributed by atoms with Gasteiger partial charge < -0.3 is 10.1 Å². The lowest BCUT2D eigenvalue weighted by Crippen LogP contribution is -2.20. The standard InChI is InChI=1S/C11H21NO.ClH/c1-2-8-13-11(3-1)5-4-10-6-7-12-9-10;/h10-12H,1-9H2;1H. The van der Waals surface area contributed by atoms with Crippen LogP contribution in [0.5, 0.6) is 0 Å².